The molecular weight excluding hydrogens is 318 g/mol. The van der Waals surface area contributed by atoms with E-state index in [1.807, 2.05) is 22.9 Å². The Morgan fingerprint density at radius 3 is 2.72 bits per heavy atom. The Bertz CT molecular complexity index is 651. The number of imidazole rings is 1. The molecule has 1 aliphatic heterocycles. The molecule has 2 heterocycles. The van der Waals surface area contributed by atoms with E-state index in [0.717, 1.165) is 32.0 Å². The fourth-order valence-corrected chi connectivity index (χ4v) is 2.91. The molecule has 1 saturated heterocycles. The third kappa shape index (κ3) is 5.04. The van der Waals surface area contributed by atoms with Crippen molar-refractivity contribution in [3.05, 3.63) is 48.5 Å². The molecule has 1 fully saturated rings. The second-order valence-corrected chi connectivity index (χ2v) is 6.13. The smallest absolute Gasteiger partial charge is 0.319 e. The second-order valence-electron chi connectivity index (χ2n) is 6.13. The summed E-state index contributed by atoms with van der Waals surface area (Å²) in [5, 5.41) is 5.70. The normalized spacial score (nSPS) is 16.4. The van der Waals surface area contributed by atoms with E-state index in [-0.39, 0.29) is 6.03 Å². The van der Waals surface area contributed by atoms with Gasteiger partial charge in [-0.05, 0) is 24.6 Å². The van der Waals surface area contributed by atoms with Gasteiger partial charge in [-0.1, -0.05) is 12.1 Å². The maximum atomic E-state index is 11.9. The molecule has 0 bridgehead atoms. The molecule has 25 heavy (non-hydrogen) atoms. The Balaban J connectivity index is 1.45. The number of hydrogen-bond donors (Lipinski definition) is 2. The standard InChI is InChI=1S/C18H25N5O2/c1-15(23-10-12-25-13-11-23)16-2-4-17(5-3-16)21-18(24)20-7-9-22-8-6-19-14-22/h2-6,8,14-15H,7,9-13H2,1H3,(H2,20,21,24)/t15-/m1/s1. The van der Waals surface area contributed by atoms with Crippen LogP contribution in [-0.4, -0.2) is 53.3 Å². The highest BCUT2D eigenvalue weighted by molar-refractivity contribution is 5.89. The van der Waals surface area contributed by atoms with Gasteiger partial charge in [0.2, 0.25) is 0 Å². The number of amides is 2. The predicted octanol–water partition coefficient (Wildman–Crippen LogP) is 2.10. The second kappa shape index (κ2) is 8.64. The lowest BCUT2D eigenvalue weighted by Crippen LogP contribution is -2.38. The molecule has 1 aromatic carbocycles. The Hall–Kier alpha value is -2.38. The number of rotatable bonds is 6. The minimum Gasteiger partial charge on any atom is -0.379 e. The van der Waals surface area contributed by atoms with Crippen LogP contribution in [0, 0.1) is 0 Å². The number of nitrogens with zero attached hydrogens (tertiary/aromatic N) is 3. The number of urea groups is 1. The maximum absolute atomic E-state index is 11.9. The van der Waals surface area contributed by atoms with Gasteiger partial charge >= 0.3 is 6.03 Å². The largest absolute Gasteiger partial charge is 0.379 e. The topological polar surface area (TPSA) is 71.4 Å². The fraction of sp³-hybridized carbons (Fsp3) is 0.444. The summed E-state index contributed by atoms with van der Waals surface area (Å²) in [6.07, 6.45) is 5.32. The third-order valence-electron chi connectivity index (χ3n) is 4.46. The van der Waals surface area contributed by atoms with Crippen LogP contribution in [0.4, 0.5) is 10.5 Å². The summed E-state index contributed by atoms with van der Waals surface area (Å²) >= 11 is 0. The van der Waals surface area contributed by atoms with E-state index in [1.165, 1.54) is 5.56 Å². The summed E-state index contributed by atoms with van der Waals surface area (Å²) < 4.78 is 7.32. The number of nitrogens with one attached hydrogen (secondary N) is 2. The lowest BCUT2D eigenvalue weighted by molar-refractivity contribution is 0.0198. The van der Waals surface area contributed by atoms with Crippen LogP contribution in [0.1, 0.15) is 18.5 Å². The Labute approximate surface area is 148 Å². The van der Waals surface area contributed by atoms with Gasteiger partial charge in [-0.3, -0.25) is 4.90 Å². The fourth-order valence-electron chi connectivity index (χ4n) is 2.91. The van der Waals surface area contributed by atoms with Crippen molar-refractivity contribution in [2.45, 2.75) is 19.5 Å². The molecule has 2 N–H and O–H groups in total. The van der Waals surface area contributed by atoms with Crippen molar-refractivity contribution in [1.29, 1.82) is 0 Å². The molecule has 0 spiro atoms. The zero-order valence-electron chi connectivity index (χ0n) is 14.5. The lowest BCUT2D eigenvalue weighted by Gasteiger charge is -2.32. The average Bonchev–Trinajstić information content (AvgIpc) is 3.16. The summed E-state index contributed by atoms with van der Waals surface area (Å²) in [5.74, 6) is 0. The highest BCUT2D eigenvalue weighted by Gasteiger charge is 2.18. The number of morpholine rings is 1. The Kier molecular flexibility index (Phi) is 6.03. The van der Waals surface area contributed by atoms with E-state index < -0.39 is 0 Å². The molecule has 134 valence electrons. The van der Waals surface area contributed by atoms with Gasteiger partial charge in [0.15, 0.2) is 0 Å². The molecule has 7 heteroatoms. The quantitative estimate of drug-likeness (QED) is 0.843. The van der Waals surface area contributed by atoms with Crippen LogP contribution >= 0.6 is 0 Å². The molecule has 2 amide bonds. The molecule has 0 aliphatic carbocycles. The van der Waals surface area contributed by atoms with Gasteiger partial charge in [-0.25, -0.2) is 9.78 Å². The van der Waals surface area contributed by atoms with E-state index >= 15 is 0 Å². The first-order chi connectivity index (χ1) is 12.2. The van der Waals surface area contributed by atoms with Crippen molar-refractivity contribution < 1.29 is 9.53 Å². The summed E-state index contributed by atoms with van der Waals surface area (Å²) in [4.78, 5) is 18.3. The monoisotopic (exact) mass is 343 g/mol. The van der Waals surface area contributed by atoms with Crippen molar-refractivity contribution in [3.8, 4) is 0 Å². The average molecular weight is 343 g/mol. The van der Waals surface area contributed by atoms with E-state index in [9.17, 15) is 4.79 Å². The number of carbonyl (C=O) groups is 1. The van der Waals surface area contributed by atoms with Gasteiger partial charge in [-0.2, -0.15) is 0 Å². The van der Waals surface area contributed by atoms with E-state index in [4.69, 9.17) is 4.74 Å². The van der Waals surface area contributed by atoms with Gasteiger partial charge in [-0.15, -0.1) is 0 Å². The highest BCUT2D eigenvalue weighted by Crippen LogP contribution is 2.22. The molecule has 7 nitrogen and oxygen atoms in total. The molecule has 0 radical (unpaired) electrons. The number of hydrogen-bond acceptors (Lipinski definition) is 4. The van der Waals surface area contributed by atoms with E-state index in [0.29, 0.717) is 19.1 Å². The van der Waals surface area contributed by atoms with Crippen LogP contribution in [0.25, 0.3) is 0 Å². The summed E-state index contributed by atoms with van der Waals surface area (Å²) in [5.41, 5.74) is 2.03. The molecular formula is C18H25N5O2. The summed E-state index contributed by atoms with van der Waals surface area (Å²) in [6.45, 7) is 6.96. The Morgan fingerprint density at radius 1 is 1.28 bits per heavy atom. The van der Waals surface area contributed by atoms with Gasteiger partial charge in [0.05, 0.1) is 19.5 Å². The molecule has 1 atom stereocenters. The third-order valence-corrected chi connectivity index (χ3v) is 4.46. The zero-order valence-corrected chi connectivity index (χ0v) is 14.5. The van der Waals surface area contributed by atoms with Crippen LogP contribution in [0.3, 0.4) is 0 Å². The van der Waals surface area contributed by atoms with Crippen molar-refractivity contribution in [1.82, 2.24) is 19.8 Å². The number of carbonyl (C=O) groups excluding carboxylic acids is 1. The summed E-state index contributed by atoms with van der Waals surface area (Å²) in [6, 6.07) is 8.18. The number of aromatic nitrogens is 2. The van der Waals surface area contributed by atoms with Crippen LogP contribution in [0.2, 0.25) is 0 Å². The van der Waals surface area contributed by atoms with E-state index in [2.05, 4.69) is 39.6 Å². The zero-order chi connectivity index (χ0) is 17.5. The molecule has 1 aromatic heterocycles. The Morgan fingerprint density at radius 2 is 2.04 bits per heavy atom. The van der Waals surface area contributed by atoms with Crippen molar-refractivity contribution in [3.63, 3.8) is 0 Å². The van der Waals surface area contributed by atoms with Gasteiger partial charge in [0.25, 0.3) is 0 Å². The molecule has 2 aromatic rings. The van der Waals surface area contributed by atoms with Gasteiger partial charge in [0.1, 0.15) is 0 Å². The predicted molar refractivity (Wildman–Crippen MR) is 96.5 cm³/mol. The van der Waals surface area contributed by atoms with Crippen LogP contribution in [0.5, 0.6) is 0 Å². The molecule has 0 saturated carbocycles. The van der Waals surface area contributed by atoms with Crippen LogP contribution in [0.15, 0.2) is 43.0 Å². The number of ether oxygens (including phenoxy) is 1. The lowest BCUT2D eigenvalue weighted by atomic mass is 10.1. The van der Waals surface area contributed by atoms with E-state index in [1.54, 1.807) is 12.5 Å². The molecule has 3 rings (SSSR count). The maximum Gasteiger partial charge on any atom is 0.319 e. The highest BCUT2D eigenvalue weighted by atomic mass is 16.5. The number of anilines is 1. The van der Waals surface area contributed by atoms with Gasteiger partial charge < -0.3 is 19.9 Å². The van der Waals surface area contributed by atoms with Crippen molar-refractivity contribution in [2.75, 3.05) is 38.2 Å². The molecule has 0 unspecified atom stereocenters. The first-order valence-corrected chi connectivity index (χ1v) is 8.65. The van der Waals surface area contributed by atoms with Crippen molar-refractivity contribution >= 4 is 11.7 Å². The first kappa shape index (κ1) is 17.4. The SMILES string of the molecule is C[C@H](c1ccc(NC(=O)NCCn2ccnc2)cc1)N1CCOCC1. The van der Waals surface area contributed by atoms with Crippen LogP contribution in [-0.2, 0) is 11.3 Å². The first-order valence-electron chi connectivity index (χ1n) is 8.65. The molecule has 1 aliphatic rings. The van der Waals surface area contributed by atoms with Gasteiger partial charge in [0, 0.05) is 50.3 Å². The minimum atomic E-state index is -0.200. The summed E-state index contributed by atoms with van der Waals surface area (Å²) in [7, 11) is 0. The number of benzene rings is 1. The minimum absolute atomic E-state index is 0.200. The van der Waals surface area contributed by atoms with Crippen LogP contribution < -0.4 is 10.6 Å². The van der Waals surface area contributed by atoms with Crippen molar-refractivity contribution in [2.24, 2.45) is 0 Å².